The van der Waals surface area contributed by atoms with Crippen LogP contribution in [0, 0.1) is 0 Å². The zero-order chi connectivity index (χ0) is 19.5. The topological polar surface area (TPSA) is 62.6 Å². The molecule has 0 saturated carbocycles. The van der Waals surface area contributed by atoms with Crippen LogP contribution < -0.4 is 5.32 Å². The minimum Gasteiger partial charge on any atom is -0.459 e. The van der Waals surface area contributed by atoms with Crippen LogP contribution in [0.2, 0.25) is 0 Å². The Kier molecular flexibility index (Phi) is 5.64. The van der Waals surface area contributed by atoms with Crippen molar-refractivity contribution < 1.29 is 14.0 Å². The normalized spacial score (nSPS) is 16.3. The molecule has 4 rings (SSSR count). The van der Waals surface area contributed by atoms with Gasteiger partial charge in [0.05, 0.1) is 11.4 Å². The first-order valence-corrected chi connectivity index (χ1v) is 10.8. The lowest BCUT2D eigenvalue weighted by Crippen LogP contribution is -2.45. The van der Waals surface area contributed by atoms with Gasteiger partial charge in [-0.2, -0.15) is 0 Å². The van der Waals surface area contributed by atoms with Crippen LogP contribution in [-0.4, -0.2) is 29.3 Å². The molecule has 1 aliphatic heterocycles. The number of carbonyl (C=O) groups excluding carboxylic acids is 2. The van der Waals surface area contributed by atoms with Crippen molar-refractivity contribution in [1.82, 2.24) is 10.2 Å². The molecule has 0 spiro atoms. The minimum absolute atomic E-state index is 0.0665. The maximum absolute atomic E-state index is 12.7. The van der Waals surface area contributed by atoms with Gasteiger partial charge in [0, 0.05) is 16.6 Å². The van der Waals surface area contributed by atoms with Gasteiger partial charge in [0.15, 0.2) is 0 Å². The number of thiophene rings is 1. The summed E-state index contributed by atoms with van der Waals surface area (Å²) in [6.45, 7) is 0.913. The lowest BCUT2D eigenvalue weighted by molar-refractivity contribution is -0.125. The number of carbonyl (C=O) groups is 2. The fourth-order valence-electron chi connectivity index (χ4n) is 3.36. The number of amides is 2. The van der Waals surface area contributed by atoms with Crippen LogP contribution in [0.5, 0.6) is 0 Å². The van der Waals surface area contributed by atoms with Crippen molar-refractivity contribution in [1.29, 1.82) is 0 Å². The maximum Gasteiger partial charge on any atom is 0.264 e. The molecular weight excluding hydrogens is 440 g/mol. The van der Waals surface area contributed by atoms with Gasteiger partial charge in [-0.3, -0.25) is 9.59 Å². The Balaban J connectivity index is 1.37. The molecule has 1 aromatic carbocycles. The van der Waals surface area contributed by atoms with Crippen molar-refractivity contribution in [2.75, 3.05) is 6.54 Å². The zero-order valence-corrected chi connectivity index (χ0v) is 17.5. The van der Waals surface area contributed by atoms with Gasteiger partial charge in [0.2, 0.25) is 5.91 Å². The number of halogens is 1. The van der Waals surface area contributed by atoms with E-state index in [0.29, 0.717) is 30.1 Å². The van der Waals surface area contributed by atoms with Gasteiger partial charge >= 0.3 is 0 Å². The molecule has 3 aromatic rings. The number of hydrogen-bond acceptors (Lipinski definition) is 4. The van der Waals surface area contributed by atoms with E-state index in [0.717, 1.165) is 22.2 Å². The summed E-state index contributed by atoms with van der Waals surface area (Å²) in [5, 5.41) is 4.79. The molecule has 2 aromatic heterocycles. The Morgan fingerprint density at radius 1 is 1.18 bits per heavy atom. The predicted octanol–water partition coefficient (Wildman–Crippen LogP) is 4.69. The highest BCUT2D eigenvalue weighted by Crippen LogP contribution is 2.25. The number of furan rings is 1. The van der Waals surface area contributed by atoms with Crippen molar-refractivity contribution in [3.05, 3.63) is 69.0 Å². The van der Waals surface area contributed by atoms with Crippen LogP contribution >= 0.6 is 27.3 Å². The predicted molar refractivity (Wildman–Crippen MR) is 112 cm³/mol. The summed E-state index contributed by atoms with van der Waals surface area (Å²) in [6.07, 6.45) is 1.52. The van der Waals surface area contributed by atoms with E-state index in [9.17, 15) is 9.59 Å². The van der Waals surface area contributed by atoms with E-state index in [2.05, 4.69) is 21.2 Å². The second kappa shape index (κ2) is 8.32. The van der Waals surface area contributed by atoms with Crippen LogP contribution in [-0.2, 0) is 11.3 Å². The lowest BCUT2D eigenvalue weighted by atomic mass is 10.2. The van der Waals surface area contributed by atoms with Crippen molar-refractivity contribution in [2.24, 2.45) is 0 Å². The molecule has 1 saturated heterocycles. The smallest absolute Gasteiger partial charge is 0.264 e. The highest BCUT2D eigenvalue weighted by atomic mass is 79.9. The van der Waals surface area contributed by atoms with Crippen LogP contribution in [0.25, 0.3) is 11.3 Å². The molecule has 0 aliphatic carbocycles. The molecule has 5 nitrogen and oxygen atoms in total. The van der Waals surface area contributed by atoms with E-state index in [1.807, 2.05) is 47.8 Å². The lowest BCUT2D eigenvalue weighted by Gasteiger charge is -2.23. The van der Waals surface area contributed by atoms with Gasteiger partial charge in [-0.25, -0.2) is 0 Å². The number of hydrogen-bond donors (Lipinski definition) is 1. The number of likely N-dealkylation sites (tertiary alicyclic amines) is 1. The Morgan fingerprint density at radius 3 is 2.75 bits per heavy atom. The molecular formula is C21H19BrN2O3S. The molecule has 7 heteroatoms. The Labute approximate surface area is 175 Å². The molecule has 0 radical (unpaired) electrons. The summed E-state index contributed by atoms with van der Waals surface area (Å²) in [7, 11) is 0. The van der Waals surface area contributed by atoms with E-state index in [1.54, 1.807) is 11.0 Å². The maximum atomic E-state index is 12.7. The van der Waals surface area contributed by atoms with E-state index < -0.39 is 6.04 Å². The van der Waals surface area contributed by atoms with E-state index in [-0.39, 0.29) is 11.8 Å². The second-order valence-electron chi connectivity index (χ2n) is 6.62. The summed E-state index contributed by atoms with van der Waals surface area (Å²) in [6, 6.07) is 14.8. The zero-order valence-electron chi connectivity index (χ0n) is 15.1. The molecule has 1 atom stereocenters. The first-order chi connectivity index (χ1) is 13.6. The molecule has 1 N–H and O–H groups in total. The number of rotatable bonds is 5. The number of nitrogens with one attached hydrogen (secondary N) is 1. The van der Waals surface area contributed by atoms with Crippen molar-refractivity contribution in [3.63, 3.8) is 0 Å². The summed E-state index contributed by atoms with van der Waals surface area (Å²) in [5.41, 5.74) is 0.976. The van der Waals surface area contributed by atoms with Crippen LogP contribution in [0.3, 0.4) is 0 Å². The third-order valence-electron chi connectivity index (χ3n) is 4.78. The Hall–Kier alpha value is -2.38. The Morgan fingerprint density at radius 2 is 2.00 bits per heavy atom. The summed E-state index contributed by atoms with van der Waals surface area (Å²) in [5.74, 6) is 1.24. The average Bonchev–Trinajstić information content (AvgIpc) is 3.47. The van der Waals surface area contributed by atoms with Crippen molar-refractivity contribution >= 4 is 39.1 Å². The Bertz CT molecular complexity index is 966. The van der Waals surface area contributed by atoms with E-state index in [4.69, 9.17) is 4.42 Å². The monoisotopic (exact) mass is 458 g/mol. The summed E-state index contributed by atoms with van der Waals surface area (Å²) >= 11 is 4.82. The second-order valence-corrected chi connectivity index (χ2v) is 8.49. The van der Waals surface area contributed by atoms with Gasteiger partial charge in [-0.1, -0.05) is 34.1 Å². The van der Waals surface area contributed by atoms with Crippen LogP contribution in [0.1, 0.15) is 28.3 Å². The third-order valence-corrected chi connectivity index (χ3v) is 6.16. The van der Waals surface area contributed by atoms with Crippen LogP contribution in [0.15, 0.2) is 62.8 Å². The summed E-state index contributed by atoms with van der Waals surface area (Å²) in [4.78, 5) is 27.6. The van der Waals surface area contributed by atoms with E-state index in [1.165, 1.54) is 11.3 Å². The van der Waals surface area contributed by atoms with Gasteiger partial charge < -0.3 is 14.6 Å². The fraction of sp³-hybridized carbons (Fsp3) is 0.238. The quantitative estimate of drug-likeness (QED) is 0.602. The first kappa shape index (κ1) is 19.0. The molecule has 1 fully saturated rings. The molecule has 3 heterocycles. The fourth-order valence-corrected chi connectivity index (χ4v) is 4.30. The van der Waals surface area contributed by atoms with Gasteiger partial charge in [0.1, 0.15) is 17.6 Å². The molecule has 0 bridgehead atoms. The largest absolute Gasteiger partial charge is 0.459 e. The van der Waals surface area contributed by atoms with Gasteiger partial charge in [-0.15, -0.1) is 11.3 Å². The average molecular weight is 459 g/mol. The van der Waals surface area contributed by atoms with Gasteiger partial charge in [-0.05, 0) is 48.6 Å². The third kappa shape index (κ3) is 4.05. The molecule has 144 valence electrons. The van der Waals surface area contributed by atoms with E-state index >= 15 is 0 Å². The first-order valence-electron chi connectivity index (χ1n) is 9.08. The molecule has 0 unspecified atom stereocenters. The van der Waals surface area contributed by atoms with Gasteiger partial charge in [0.25, 0.3) is 5.91 Å². The number of benzene rings is 1. The summed E-state index contributed by atoms with van der Waals surface area (Å²) < 4.78 is 6.85. The highest BCUT2D eigenvalue weighted by Gasteiger charge is 2.34. The SMILES string of the molecule is O=C(NCc1ccc(-c2ccc(Br)cc2)o1)[C@@H]1CCCN1C(=O)c1cccs1. The minimum atomic E-state index is -0.421. The standard InChI is InChI=1S/C21H19BrN2O3S/c22-15-7-5-14(6-8-15)18-10-9-16(27-18)13-23-20(25)17-3-1-11-24(17)21(26)19-4-2-12-28-19/h2,4-10,12,17H,1,3,11,13H2,(H,23,25)/t17-/m0/s1. The highest BCUT2D eigenvalue weighted by molar-refractivity contribution is 9.10. The number of nitrogens with zero attached hydrogens (tertiary/aromatic N) is 1. The van der Waals surface area contributed by atoms with Crippen molar-refractivity contribution in [2.45, 2.75) is 25.4 Å². The van der Waals surface area contributed by atoms with Crippen molar-refractivity contribution in [3.8, 4) is 11.3 Å². The molecule has 2 amide bonds. The molecule has 1 aliphatic rings. The van der Waals surface area contributed by atoms with Crippen LogP contribution in [0.4, 0.5) is 0 Å². The molecule has 28 heavy (non-hydrogen) atoms.